The summed E-state index contributed by atoms with van der Waals surface area (Å²) in [4.78, 5) is 0. The van der Waals surface area contributed by atoms with Gasteiger partial charge in [-0.25, -0.2) is 0 Å². The molecule has 0 aromatic heterocycles. The number of benzene rings is 2. The van der Waals surface area contributed by atoms with Crippen molar-refractivity contribution in [2.24, 2.45) is 0 Å². The van der Waals surface area contributed by atoms with Crippen LogP contribution in [0.15, 0.2) is 45.3 Å². The highest BCUT2D eigenvalue weighted by Crippen LogP contribution is 2.33. The third kappa shape index (κ3) is 3.59. The number of hydrogen-bond donors (Lipinski definition) is 1. The van der Waals surface area contributed by atoms with Crippen molar-refractivity contribution in [1.82, 2.24) is 0 Å². The van der Waals surface area contributed by atoms with Crippen LogP contribution >= 0.6 is 31.9 Å². The molecule has 0 unspecified atom stereocenters. The summed E-state index contributed by atoms with van der Waals surface area (Å²) in [5.74, 6) is 1.49. The summed E-state index contributed by atoms with van der Waals surface area (Å²) in [6, 6.07) is 11.5. The van der Waals surface area contributed by atoms with Gasteiger partial charge in [-0.05, 0) is 65.2 Å². The molecule has 0 aliphatic carbocycles. The smallest absolute Gasteiger partial charge is 0.141 e. The first-order valence-corrected chi connectivity index (χ1v) is 7.47. The van der Waals surface area contributed by atoms with Crippen molar-refractivity contribution < 1.29 is 9.84 Å². The second-order valence-corrected chi connectivity index (χ2v) is 6.10. The van der Waals surface area contributed by atoms with Crippen LogP contribution in [-0.2, 0) is 0 Å². The van der Waals surface area contributed by atoms with Crippen molar-refractivity contribution in [2.75, 3.05) is 0 Å². The fourth-order valence-corrected chi connectivity index (χ4v) is 2.99. The molecule has 0 heterocycles. The molecule has 0 radical (unpaired) electrons. The molecule has 0 aliphatic heterocycles. The molecule has 0 saturated heterocycles. The van der Waals surface area contributed by atoms with Crippen LogP contribution in [0.3, 0.4) is 0 Å². The Morgan fingerprint density at radius 1 is 1.05 bits per heavy atom. The molecule has 0 saturated carbocycles. The minimum atomic E-state index is -0.505. The Kier molecular flexibility index (Phi) is 4.66. The lowest BCUT2D eigenvalue weighted by atomic mass is 10.1. The number of halogens is 2. The van der Waals surface area contributed by atoms with Crippen molar-refractivity contribution in [1.29, 1.82) is 0 Å². The highest BCUT2D eigenvalue weighted by Gasteiger charge is 2.09. The molecule has 1 atom stereocenters. The summed E-state index contributed by atoms with van der Waals surface area (Å²) >= 11 is 6.92. The van der Waals surface area contributed by atoms with Gasteiger partial charge in [-0.3, -0.25) is 0 Å². The minimum Gasteiger partial charge on any atom is -0.456 e. The number of aryl methyl sites for hydroxylation is 1. The summed E-state index contributed by atoms with van der Waals surface area (Å²) in [7, 11) is 0. The monoisotopic (exact) mass is 384 g/mol. The molecule has 0 amide bonds. The molecule has 4 heteroatoms. The Morgan fingerprint density at radius 3 is 2.37 bits per heavy atom. The zero-order chi connectivity index (χ0) is 14.0. The van der Waals surface area contributed by atoms with Gasteiger partial charge >= 0.3 is 0 Å². The fraction of sp³-hybridized carbons (Fsp3) is 0.200. The Hall–Kier alpha value is -0.840. The maximum Gasteiger partial charge on any atom is 0.141 e. The second-order valence-electron chi connectivity index (χ2n) is 4.40. The van der Waals surface area contributed by atoms with Crippen LogP contribution in [-0.4, -0.2) is 5.11 Å². The van der Waals surface area contributed by atoms with E-state index in [4.69, 9.17) is 4.74 Å². The van der Waals surface area contributed by atoms with Crippen LogP contribution in [0.4, 0.5) is 0 Å². The molecule has 2 nitrogen and oxygen atoms in total. The van der Waals surface area contributed by atoms with E-state index in [1.54, 1.807) is 6.92 Å². The third-order valence-electron chi connectivity index (χ3n) is 2.74. The maximum atomic E-state index is 9.58. The van der Waals surface area contributed by atoms with Crippen molar-refractivity contribution in [3.05, 3.63) is 56.5 Å². The summed E-state index contributed by atoms with van der Waals surface area (Å²) in [5, 5.41) is 9.58. The predicted molar refractivity (Wildman–Crippen MR) is 83.7 cm³/mol. The normalized spacial score (nSPS) is 12.3. The molecule has 1 N–H and O–H groups in total. The lowest BCUT2D eigenvalue weighted by Crippen LogP contribution is -1.93. The van der Waals surface area contributed by atoms with E-state index in [-0.39, 0.29) is 0 Å². The highest BCUT2D eigenvalue weighted by molar-refractivity contribution is 9.10. The number of aliphatic hydroxyl groups excluding tert-OH is 1. The quantitative estimate of drug-likeness (QED) is 0.769. The SMILES string of the molecule is Cc1ccc(Oc2ccc([C@@H](C)O)c(Br)c2)c(Br)c1. The van der Waals surface area contributed by atoms with E-state index in [0.29, 0.717) is 0 Å². The molecule has 0 fully saturated rings. The Labute approximate surface area is 129 Å². The van der Waals surface area contributed by atoms with Crippen molar-refractivity contribution in [3.63, 3.8) is 0 Å². The summed E-state index contributed by atoms with van der Waals surface area (Å²) in [6.07, 6.45) is -0.505. The lowest BCUT2D eigenvalue weighted by molar-refractivity contribution is 0.198. The lowest BCUT2D eigenvalue weighted by Gasteiger charge is -2.12. The van der Waals surface area contributed by atoms with Crippen LogP contribution in [0.1, 0.15) is 24.2 Å². The van der Waals surface area contributed by atoms with Crippen LogP contribution in [0.2, 0.25) is 0 Å². The predicted octanol–water partition coefficient (Wildman–Crippen LogP) is 5.37. The summed E-state index contributed by atoms with van der Waals surface area (Å²) in [6.45, 7) is 3.76. The van der Waals surface area contributed by atoms with Crippen molar-refractivity contribution in [3.8, 4) is 11.5 Å². The van der Waals surface area contributed by atoms with E-state index in [9.17, 15) is 5.11 Å². The van der Waals surface area contributed by atoms with Gasteiger partial charge in [-0.1, -0.05) is 28.1 Å². The van der Waals surface area contributed by atoms with Gasteiger partial charge in [0.1, 0.15) is 11.5 Å². The molecule has 2 aromatic rings. The standard InChI is InChI=1S/C15H14Br2O2/c1-9-3-6-15(14(17)7-9)19-11-4-5-12(10(2)18)13(16)8-11/h3-8,10,18H,1-2H3/t10-/m1/s1. The Morgan fingerprint density at radius 2 is 1.79 bits per heavy atom. The van der Waals surface area contributed by atoms with E-state index in [0.717, 1.165) is 26.0 Å². The second kappa shape index (κ2) is 6.07. The van der Waals surface area contributed by atoms with Gasteiger partial charge < -0.3 is 9.84 Å². The van der Waals surface area contributed by atoms with E-state index in [1.807, 2.05) is 43.3 Å². The first kappa shape index (κ1) is 14.6. The topological polar surface area (TPSA) is 29.5 Å². The van der Waals surface area contributed by atoms with Gasteiger partial charge in [0.15, 0.2) is 0 Å². The Bertz CT molecular complexity index is 595. The fourth-order valence-electron chi connectivity index (χ4n) is 1.73. The maximum absolute atomic E-state index is 9.58. The number of rotatable bonds is 3. The molecule has 2 rings (SSSR count). The zero-order valence-corrected chi connectivity index (χ0v) is 13.8. The molecule has 0 bridgehead atoms. The summed E-state index contributed by atoms with van der Waals surface area (Å²) < 4.78 is 7.58. The van der Waals surface area contributed by atoms with Crippen LogP contribution in [0, 0.1) is 6.92 Å². The molecule has 100 valence electrons. The zero-order valence-electron chi connectivity index (χ0n) is 10.7. The van der Waals surface area contributed by atoms with Gasteiger partial charge in [0.05, 0.1) is 10.6 Å². The molecular formula is C15H14Br2O2. The first-order chi connectivity index (χ1) is 8.97. The largest absolute Gasteiger partial charge is 0.456 e. The number of aliphatic hydroxyl groups is 1. The molecular weight excluding hydrogens is 372 g/mol. The molecule has 19 heavy (non-hydrogen) atoms. The molecule has 0 aliphatic rings. The van der Waals surface area contributed by atoms with E-state index < -0.39 is 6.10 Å². The van der Waals surface area contributed by atoms with E-state index in [1.165, 1.54) is 5.56 Å². The van der Waals surface area contributed by atoms with Crippen LogP contribution < -0.4 is 4.74 Å². The number of hydrogen-bond acceptors (Lipinski definition) is 2. The molecule has 0 spiro atoms. The van der Waals surface area contributed by atoms with Crippen molar-refractivity contribution >= 4 is 31.9 Å². The van der Waals surface area contributed by atoms with Gasteiger partial charge in [0.25, 0.3) is 0 Å². The minimum absolute atomic E-state index is 0.505. The van der Waals surface area contributed by atoms with Gasteiger partial charge in [-0.2, -0.15) is 0 Å². The average Bonchev–Trinajstić information content (AvgIpc) is 2.32. The van der Waals surface area contributed by atoms with Gasteiger partial charge in [0, 0.05) is 4.47 Å². The Balaban J connectivity index is 2.26. The van der Waals surface area contributed by atoms with Gasteiger partial charge in [0.2, 0.25) is 0 Å². The first-order valence-electron chi connectivity index (χ1n) is 5.89. The van der Waals surface area contributed by atoms with Crippen molar-refractivity contribution in [2.45, 2.75) is 20.0 Å². The third-order valence-corrected chi connectivity index (χ3v) is 4.04. The number of ether oxygens (including phenoxy) is 1. The van der Waals surface area contributed by atoms with Crippen LogP contribution in [0.25, 0.3) is 0 Å². The van der Waals surface area contributed by atoms with E-state index in [2.05, 4.69) is 31.9 Å². The van der Waals surface area contributed by atoms with Crippen LogP contribution in [0.5, 0.6) is 11.5 Å². The molecule has 2 aromatic carbocycles. The highest BCUT2D eigenvalue weighted by atomic mass is 79.9. The summed E-state index contributed by atoms with van der Waals surface area (Å²) in [5.41, 5.74) is 2.01. The van der Waals surface area contributed by atoms with E-state index >= 15 is 0 Å². The van der Waals surface area contributed by atoms with Gasteiger partial charge in [-0.15, -0.1) is 0 Å². The average molecular weight is 386 g/mol.